The number of aliphatic imine (C=N–C) groups is 1. The molecule has 0 spiro atoms. The van der Waals surface area contributed by atoms with E-state index in [0.717, 1.165) is 63.8 Å². The molecule has 1 aromatic rings. The third-order valence-electron chi connectivity index (χ3n) is 4.74. The zero-order valence-corrected chi connectivity index (χ0v) is 15.6. The predicted octanol–water partition coefficient (Wildman–Crippen LogP) is 3.09. The van der Waals surface area contributed by atoms with E-state index < -0.39 is 11.6 Å². The van der Waals surface area contributed by atoms with Gasteiger partial charge in [-0.25, -0.2) is 13.8 Å². The number of guanidine groups is 1. The highest BCUT2D eigenvalue weighted by molar-refractivity contribution is 5.80. The molecule has 25 heavy (non-hydrogen) atoms. The number of nitrogens with one attached hydrogen (secondary N) is 1. The average Bonchev–Trinajstić information content (AvgIpc) is 3.07. The Morgan fingerprint density at radius 2 is 2.04 bits per heavy atom. The van der Waals surface area contributed by atoms with Crippen molar-refractivity contribution in [2.75, 3.05) is 39.3 Å². The Hall–Kier alpha value is -1.69. The van der Waals surface area contributed by atoms with Crippen LogP contribution in [0.15, 0.2) is 23.2 Å². The zero-order valence-electron chi connectivity index (χ0n) is 15.6. The first kappa shape index (κ1) is 19.6. The molecule has 0 bridgehead atoms. The highest BCUT2D eigenvalue weighted by Gasteiger charge is 2.25. The third kappa shape index (κ3) is 5.66. The topological polar surface area (TPSA) is 30.9 Å². The number of hydrogen-bond acceptors (Lipinski definition) is 2. The predicted molar refractivity (Wildman–Crippen MR) is 98.6 cm³/mol. The fourth-order valence-electron chi connectivity index (χ4n) is 3.27. The van der Waals surface area contributed by atoms with Gasteiger partial charge in [-0.05, 0) is 50.6 Å². The maximum Gasteiger partial charge on any atom is 0.194 e. The van der Waals surface area contributed by atoms with E-state index in [1.807, 2.05) is 6.92 Å². The molecule has 1 aromatic carbocycles. The molecule has 0 saturated carbocycles. The lowest BCUT2D eigenvalue weighted by atomic mass is 10.1. The maximum absolute atomic E-state index is 13.8. The number of rotatable bonds is 7. The van der Waals surface area contributed by atoms with Gasteiger partial charge in [-0.15, -0.1) is 0 Å². The second-order valence-electron chi connectivity index (χ2n) is 6.49. The SMILES string of the molecule is CCNC(=NCc1cc(F)ccc1F)N1CCC(CN(CC)CC)C1. The van der Waals surface area contributed by atoms with Gasteiger partial charge in [0.25, 0.3) is 0 Å². The third-order valence-corrected chi connectivity index (χ3v) is 4.74. The molecule has 0 aromatic heterocycles. The van der Waals surface area contributed by atoms with Gasteiger partial charge in [0.1, 0.15) is 11.6 Å². The molecule has 1 aliphatic heterocycles. The molecule has 4 nitrogen and oxygen atoms in total. The Morgan fingerprint density at radius 1 is 1.28 bits per heavy atom. The van der Waals surface area contributed by atoms with Crippen LogP contribution in [0.4, 0.5) is 8.78 Å². The van der Waals surface area contributed by atoms with Gasteiger partial charge in [0.2, 0.25) is 0 Å². The number of benzene rings is 1. The van der Waals surface area contributed by atoms with Crippen molar-refractivity contribution in [3.05, 3.63) is 35.4 Å². The largest absolute Gasteiger partial charge is 0.357 e. The van der Waals surface area contributed by atoms with Gasteiger partial charge in [-0.2, -0.15) is 0 Å². The molecule has 1 heterocycles. The van der Waals surface area contributed by atoms with E-state index in [2.05, 4.69) is 34.0 Å². The summed E-state index contributed by atoms with van der Waals surface area (Å²) in [6.45, 7) is 12.4. The molecule has 1 aliphatic rings. The van der Waals surface area contributed by atoms with Crippen LogP contribution in [0.3, 0.4) is 0 Å². The lowest BCUT2D eigenvalue weighted by Crippen LogP contribution is -2.40. The Morgan fingerprint density at radius 3 is 2.72 bits per heavy atom. The molecule has 0 aliphatic carbocycles. The highest BCUT2D eigenvalue weighted by Crippen LogP contribution is 2.18. The van der Waals surface area contributed by atoms with E-state index >= 15 is 0 Å². The molecule has 1 unspecified atom stereocenters. The summed E-state index contributed by atoms with van der Waals surface area (Å²) >= 11 is 0. The van der Waals surface area contributed by atoms with Crippen LogP contribution in [0.25, 0.3) is 0 Å². The minimum absolute atomic E-state index is 0.142. The summed E-state index contributed by atoms with van der Waals surface area (Å²) in [6, 6.07) is 3.50. The first-order valence-corrected chi connectivity index (χ1v) is 9.26. The molecule has 1 atom stereocenters. The molecule has 0 amide bonds. The molecule has 2 rings (SSSR count). The van der Waals surface area contributed by atoms with Crippen LogP contribution in [0.1, 0.15) is 32.8 Å². The molecule has 140 valence electrons. The normalized spacial score (nSPS) is 18.2. The lowest BCUT2D eigenvalue weighted by Gasteiger charge is -2.24. The Bertz CT molecular complexity index is 573. The van der Waals surface area contributed by atoms with Gasteiger partial charge >= 0.3 is 0 Å². The summed E-state index contributed by atoms with van der Waals surface area (Å²) in [5, 5.41) is 3.28. The molecule has 1 fully saturated rings. The van der Waals surface area contributed by atoms with E-state index in [1.54, 1.807) is 0 Å². The maximum atomic E-state index is 13.8. The quantitative estimate of drug-likeness (QED) is 0.604. The number of hydrogen-bond donors (Lipinski definition) is 1. The van der Waals surface area contributed by atoms with E-state index in [0.29, 0.717) is 5.92 Å². The molecular formula is C19H30F2N4. The van der Waals surface area contributed by atoms with Gasteiger partial charge in [-0.3, -0.25) is 0 Å². The highest BCUT2D eigenvalue weighted by atomic mass is 19.1. The van der Waals surface area contributed by atoms with Crippen molar-refractivity contribution in [1.82, 2.24) is 15.1 Å². The molecule has 1 N–H and O–H groups in total. The van der Waals surface area contributed by atoms with E-state index in [9.17, 15) is 8.78 Å². The summed E-state index contributed by atoms with van der Waals surface area (Å²) in [5.41, 5.74) is 0.286. The van der Waals surface area contributed by atoms with Crippen molar-refractivity contribution in [3.63, 3.8) is 0 Å². The van der Waals surface area contributed by atoms with Crippen molar-refractivity contribution in [2.24, 2.45) is 10.9 Å². The Labute approximate surface area is 149 Å². The Balaban J connectivity index is 2.01. The molecule has 0 radical (unpaired) electrons. The van der Waals surface area contributed by atoms with Crippen LogP contribution < -0.4 is 5.32 Å². The molecular weight excluding hydrogens is 322 g/mol. The second kappa shape index (κ2) is 9.70. The summed E-state index contributed by atoms with van der Waals surface area (Å²) in [4.78, 5) is 9.21. The number of nitrogens with zero attached hydrogens (tertiary/aromatic N) is 3. The van der Waals surface area contributed by atoms with Crippen LogP contribution in [0.5, 0.6) is 0 Å². The van der Waals surface area contributed by atoms with Crippen molar-refractivity contribution in [2.45, 2.75) is 33.7 Å². The standard InChI is InChI=1S/C19H30F2N4/c1-4-22-19(23-12-16-11-17(20)7-8-18(16)21)25-10-9-15(14-25)13-24(5-2)6-3/h7-8,11,15H,4-6,9-10,12-14H2,1-3H3,(H,22,23). The zero-order chi connectivity index (χ0) is 18.2. The van der Waals surface area contributed by atoms with Crippen LogP contribution in [-0.4, -0.2) is 55.0 Å². The number of likely N-dealkylation sites (tertiary alicyclic amines) is 1. The fraction of sp³-hybridized carbons (Fsp3) is 0.632. The molecule has 1 saturated heterocycles. The van der Waals surface area contributed by atoms with Crippen molar-refractivity contribution < 1.29 is 8.78 Å². The van der Waals surface area contributed by atoms with Crippen LogP contribution >= 0.6 is 0 Å². The van der Waals surface area contributed by atoms with Crippen molar-refractivity contribution in [1.29, 1.82) is 0 Å². The van der Waals surface area contributed by atoms with Gasteiger partial charge in [-0.1, -0.05) is 13.8 Å². The smallest absolute Gasteiger partial charge is 0.194 e. The second-order valence-corrected chi connectivity index (χ2v) is 6.49. The first-order valence-electron chi connectivity index (χ1n) is 9.26. The van der Waals surface area contributed by atoms with Crippen LogP contribution in [-0.2, 0) is 6.54 Å². The van der Waals surface area contributed by atoms with Crippen LogP contribution in [0.2, 0.25) is 0 Å². The van der Waals surface area contributed by atoms with Gasteiger partial charge < -0.3 is 15.1 Å². The summed E-state index contributed by atoms with van der Waals surface area (Å²) in [7, 11) is 0. The number of halogens is 2. The monoisotopic (exact) mass is 352 g/mol. The van der Waals surface area contributed by atoms with E-state index in [1.165, 1.54) is 6.07 Å². The minimum Gasteiger partial charge on any atom is -0.357 e. The van der Waals surface area contributed by atoms with E-state index in [-0.39, 0.29) is 12.1 Å². The van der Waals surface area contributed by atoms with Crippen molar-refractivity contribution >= 4 is 5.96 Å². The van der Waals surface area contributed by atoms with Gasteiger partial charge in [0.15, 0.2) is 5.96 Å². The molecule has 6 heteroatoms. The van der Waals surface area contributed by atoms with Crippen LogP contribution in [0, 0.1) is 17.6 Å². The fourth-order valence-corrected chi connectivity index (χ4v) is 3.27. The summed E-state index contributed by atoms with van der Waals surface area (Å²) in [6.07, 6.45) is 1.13. The average molecular weight is 352 g/mol. The van der Waals surface area contributed by atoms with E-state index in [4.69, 9.17) is 0 Å². The van der Waals surface area contributed by atoms with Crippen molar-refractivity contribution in [3.8, 4) is 0 Å². The summed E-state index contributed by atoms with van der Waals surface area (Å²) in [5.74, 6) is 0.557. The first-order chi connectivity index (χ1) is 12.1. The summed E-state index contributed by atoms with van der Waals surface area (Å²) < 4.78 is 27.1. The minimum atomic E-state index is -0.433. The van der Waals surface area contributed by atoms with Gasteiger partial charge in [0.05, 0.1) is 6.54 Å². The Kier molecular flexibility index (Phi) is 7.62. The van der Waals surface area contributed by atoms with Gasteiger partial charge in [0, 0.05) is 31.7 Å². The lowest BCUT2D eigenvalue weighted by molar-refractivity contribution is 0.255.